The number of nitrogens with one attached hydrogen (secondary N) is 1. The molecule has 0 bridgehead atoms. The topological polar surface area (TPSA) is 90.0 Å². The predicted octanol–water partition coefficient (Wildman–Crippen LogP) is 0.816. The van der Waals surface area contributed by atoms with E-state index in [9.17, 15) is 19.2 Å². The van der Waals surface area contributed by atoms with Crippen LogP contribution in [0.1, 0.15) is 46.0 Å². The number of carbonyl (C=O) groups excluding carboxylic acids is 4. The van der Waals surface area contributed by atoms with E-state index in [1.807, 2.05) is 9.80 Å². The Balaban J connectivity index is 1.60. The summed E-state index contributed by atoms with van der Waals surface area (Å²) in [4.78, 5) is 53.0. The number of hydrogen-bond donors (Lipinski definition) is 1. The van der Waals surface area contributed by atoms with Crippen LogP contribution in [0.25, 0.3) is 0 Å². The van der Waals surface area contributed by atoms with Crippen molar-refractivity contribution in [1.29, 1.82) is 0 Å². The highest BCUT2D eigenvalue weighted by molar-refractivity contribution is 6.03. The number of nitrogens with zero attached hydrogens (tertiary/aromatic N) is 3. The highest BCUT2D eigenvalue weighted by Gasteiger charge is 2.43. The minimum atomic E-state index is -0.497. The van der Waals surface area contributed by atoms with Crippen molar-refractivity contribution in [2.45, 2.75) is 46.0 Å². The van der Waals surface area contributed by atoms with E-state index in [0.29, 0.717) is 32.0 Å². The predicted molar refractivity (Wildman–Crippen MR) is 98.6 cm³/mol. The Morgan fingerprint density at radius 3 is 2.59 bits per heavy atom. The average Bonchev–Trinajstić information content (AvgIpc) is 2.93. The van der Waals surface area contributed by atoms with E-state index in [4.69, 9.17) is 0 Å². The van der Waals surface area contributed by atoms with Crippen molar-refractivity contribution in [2.75, 3.05) is 39.3 Å². The first-order valence-corrected chi connectivity index (χ1v) is 9.92. The Bertz CT molecular complexity index is 635. The Kier molecular flexibility index (Phi) is 5.72. The summed E-state index contributed by atoms with van der Waals surface area (Å²) < 4.78 is 0. The third-order valence-corrected chi connectivity index (χ3v) is 5.93. The summed E-state index contributed by atoms with van der Waals surface area (Å²) in [6, 6.07) is -0.497. The molecule has 3 heterocycles. The van der Waals surface area contributed by atoms with Gasteiger partial charge in [-0.05, 0) is 31.6 Å². The lowest BCUT2D eigenvalue weighted by Crippen LogP contribution is -2.56. The lowest BCUT2D eigenvalue weighted by molar-refractivity contribution is -0.143. The van der Waals surface area contributed by atoms with Crippen molar-refractivity contribution < 1.29 is 19.2 Å². The van der Waals surface area contributed by atoms with Gasteiger partial charge in [0, 0.05) is 38.0 Å². The second-order valence-corrected chi connectivity index (χ2v) is 8.63. The van der Waals surface area contributed by atoms with Gasteiger partial charge in [0.15, 0.2) is 0 Å². The molecule has 8 heteroatoms. The molecule has 0 aromatic heterocycles. The molecule has 3 fully saturated rings. The Morgan fingerprint density at radius 2 is 1.93 bits per heavy atom. The van der Waals surface area contributed by atoms with Gasteiger partial charge in [0.1, 0.15) is 13.1 Å². The summed E-state index contributed by atoms with van der Waals surface area (Å²) in [5.74, 6) is 0.283. The zero-order valence-corrected chi connectivity index (χ0v) is 16.3. The van der Waals surface area contributed by atoms with E-state index in [1.54, 1.807) is 0 Å². The highest BCUT2D eigenvalue weighted by Crippen LogP contribution is 2.39. The molecule has 0 aliphatic carbocycles. The fourth-order valence-electron chi connectivity index (χ4n) is 4.35. The Hall–Kier alpha value is -2.12. The van der Waals surface area contributed by atoms with Gasteiger partial charge in [-0.25, -0.2) is 4.79 Å². The summed E-state index contributed by atoms with van der Waals surface area (Å²) in [6.07, 6.45) is 4.27. The van der Waals surface area contributed by atoms with Gasteiger partial charge >= 0.3 is 6.03 Å². The number of likely N-dealkylation sites (tertiary alicyclic amines) is 2. The molecule has 1 atom stereocenters. The molecule has 1 unspecified atom stereocenters. The van der Waals surface area contributed by atoms with Gasteiger partial charge in [-0.1, -0.05) is 13.8 Å². The van der Waals surface area contributed by atoms with Crippen molar-refractivity contribution in [2.24, 2.45) is 11.3 Å². The monoisotopic (exact) mass is 378 g/mol. The van der Waals surface area contributed by atoms with Gasteiger partial charge < -0.3 is 14.7 Å². The smallest absolute Gasteiger partial charge is 0.325 e. The normalized spacial score (nSPS) is 26.3. The van der Waals surface area contributed by atoms with Crippen molar-refractivity contribution in [3.63, 3.8) is 0 Å². The molecule has 27 heavy (non-hydrogen) atoms. The summed E-state index contributed by atoms with van der Waals surface area (Å²) >= 11 is 0. The van der Waals surface area contributed by atoms with Crippen LogP contribution in [-0.4, -0.2) is 77.7 Å². The summed E-state index contributed by atoms with van der Waals surface area (Å²) in [6.45, 7) is 6.98. The molecule has 3 aliphatic heterocycles. The number of hydrogen-bond acceptors (Lipinski definition) is 4. The molecule has 3 rings (SSSR count). The molecule has 0 saturated carbocycles. The zero-order valence-electron chi connectivity index (χ0n) is 16.3. The first-order chi connectivity index (χ1) is 12.8. The molecule has 1 spiro atoms. The molecule has 1 N–H and O–H groups in total. The first kappa shape index (κ1) is 19.6. The first-order valence-electron chi connectivity index (χ1n) is 9.92. The Labute approximate surface area is 160 Å². The van der Waals surface area contributed by atoms with E-state index in [2.05, 4.69) is 19.2 Å². The van der Waals surface area contributed by atoms with Gasteiger partial charge in [-0.2, -0.15) is 0 Å². The van der Waals surface area contributed by atoms with Crippen LogP contribution in [0.5, 0.6) is 0 Å². The van der Waals surface area contributed by atoms with Crippen molar-refractivity contribution in [3.8, 4) is 0 Å². The maximum Gasteiger partial charge on any atom is 0.325 e. The maximum atomic E-state index is 12.7. The molecule has 3 aliphatic rings. The number of urea groups is 1. The summed E-state index contributed by atoms with van der Waals surface area (Å²) in [5, 5.41) is 2.20. The second-order valence-electron chi connectivity index (χ2n) is 8.63. The van der Waals surface area contributed by atoms with Gasteiger partial charge in [-0.3, -0.25) is 19.7 Å². The van der Waals surface area contributed by atoms with Gasteiger partial charge in [0.2, 0.25) is 17.7 Å². The third-order valence-electron chi connectivity index (χ3n) is 5.93. The number of carbonyl (C=O) groups is 4. The number of piperidine rings is 2. The standard InChI is InChI=1S/C19H30N4O4/c1-14(2)5-9-22-13-19(7-4-16(22)25)6-3-8-21(12-19)17(26)11-23-10-15(24)20-18(23)27/h14H,3-13H2,1-2H3,(H,20,24,27). The summed E-state index contributed by atoms with van der Waals surface area (Å²) in [5.41, 5.74) is -0.0398. The lowest BCUT2D eigenvalue weighted by atomic mass is 9.73. The molecular weight excluding hydrogens is 348 g/mol. The highest BCUT2D eigenvalue weighted by atomic mass is 16.2. The Morgan fingerprint density at radius 1 is 1.15 bits per heavy atom. The molecule has 0 aromatic rings. The average molecular weight is 378 g/mol. The summed E-state index contributed by atoms with van der Waals surface area (Å²) in [7, 11) is 0. The van der Waals surface area contributed by atoms with E-state index in [0.717, 1.165) is 32.2 Å². The minimum Gasteiger partial charge on any atom is -0.342 e. The third kappa shape index (κ3) is 4.59. The van der Waals surface area contributed by atoms with Gasteiger partial charge in [0.05, 0.1) is 0 Å². The van der Waals surface area contributed by atoms with Crippen molar-refractivity contribution in [1.82, 2.24) is 20.0 Å². The van der Waals surface area contributed by atoms with Crippen molar-refractivity contribution in [3.05, 3.63) is 0 Å². The molecule has 3 saturated heterocycles. The van der Waals surface area contributed by atoms with Crippen LogP contribution in [0.15, 0.2) is 0 Å². The lowest BCUT2D eigenvalue weighted by Gasteiger charge is -2.48. The van der Waals surface area contributed by atoms with Crippen LogP contribution < -0.4 is 5.32 Å². The molecule has 0 radical (unpaired) electrons. The van der Waals surface area contributed by atoms with Crippen LogP contribution in [0, 0.1) is 11.3 Å². The van der Waals surface area contributed by atoms with E-state index in [1.165, 1.54) is 4.90 Å². The van der Waals surface area contributed by atoms with Gasteiger partial charge in [-0.15, -0.1) is 0 Å². The van der Waals surface area contributed by atoms with Crippen LogP contribution >= 0.6 is 0 Å². The SMILES string of the molecule is CC(C)CCN1CC2(CCCN(C(=O)CN3CC(=O)NC3=O)C2)CCC1=O. The van der Waals surface area contributed by atoms with Crippen LogP contribution in [0.3, 0.4) is 0 Å². The van der Waals surface area contributed by atoms with Crippen LogP contribution in [0.4, 0.5) is 4.79 Å². The van der Waals surface area contributed by atoms with Gasteiger partial charge in [0.25, 0.3) is 0 Å². The zero-order chi connectivity index (χ0) is 19.6. The van der Waals surface area contributed by atoms with E-state index >= 15 is 0 Å². The van der Waals surface area contributed by atoms with Crippen LogP contribution in [-0.2, 0) is 14.4 Å². The number of imide groups is 1. The second kappa shape index (κ2) is 7.86. The molecule has 8 nitrogen and oxygen atoms in total. The fourth-order valence-corrected chi connectivity index (χ4v) is 4.35. The number of amides is 5. The molecule has 150 valence electrons. The van der Waals surface area contributed by atoms with Crippen molar-refractivity contribution >= 4 is 23.8 Å². The quantitative estimate of drug-likeness (QED) is 0.717. The molecule has 5 amide bonds. The van der Waals surface area contributed by atoms with E-state index in [-0.39, 0.29) is 36.2 Å². The van der Waals surface area contributed by atoms with E-state index < -0.39 is 6.03 Å². The fraction of sp³-hybridized carbons (Fsp3) is 0.789. The molecular formula is C19H30N4O4. The number of rotatable bonds is 5. The van der Waals surface area contributed by atoms with Crippen LogP contribution in [0.2, 0.25) is 0 Å². The minimum absolute atomic E-state index is 0.0398. The molecule has 0 aromatic carbocycles. The largest absolute Gasteiger partial charge is 0.342 e. The maximum absolute atomic E-state index is 12.7.